The Kier molecular flexibility index (Phi) is 5.48. The van der Waals surface area contributed by atoms with Gasteiger partial charge in [0.2, 0.25) is 0 Å². The summed E-state index contributed by atoms with van der Waals surface area (Å²) in [6.45, 7) is 2.29. The van der Waals surface area contributed by atoms with E-state index in [1.165, 1.54) is 6.07 Å². The van der Waals surface area contributed by atoms with Crippen molar-refractivity contribution in [1.82, 2.24) is 0 Å². The number of allylic oxidation sites excluding steroid dienone is 2. The maximum atomic E-state index is 14.5. The molecule has 0 aromatic heterocycles. The normalized spacial score (nSPS) is 14.1. The molecule has 0 aliphatic heterocycles. The number of carboxylic acids is 1. The molecule has 30 heavy (non-hydrogen) atoms. The predicted octanol–water partition coefficient (Wildman–Crippen LogP) is 6.21. The van der Waals surface area contributed by atoms with Gasteiger partial charge in [-0.3, -0.25) is 4.79 Å². The van der Waals surface area contributed by atoms with Gasteiger partial charge >= 0.3 is 5.97 Å². The molecule has 0 bridgehead atoms. The summed E-state index contributed by atoms with van der Waals surface area (Å²) >= 11 is 0. The van der Waals surface area contributed by atoms with Gasteiger partial charge < -0.3 is 9.84 Å². The number of benzene rings is 3. The molecule has 0 atom stereocenters. The quantitative estimate of drug-likeness (QED) is 0.535. The van der Waals surface area contributed by atoms with Crippen LogP contribution in [0.3, 0.4) is 0 Å². The summed E-state index contributed by atoms with van der Waals surface area (Å²) in [5, 5.41) is 9.28. The van der Waals surface area contributed by atoms with Crippen molar-refractivity contribution in [2.75, 3.05) is 0 Å². The molecule has 0 heterocycles. The number of hydrogen-bond donors (Lipinski definition) is 1. The highest BCUT2D eigenvalue weighted by Crippen LogP contribution is 2.44. The zero-order valence-electron chi connectivity index (χ0n) is 16.6. The molecule has 3 aromatic carbocycles. The molecule has 3 nitrogen and oxygen atoms in total. The maximum absolute atomic E-state index is 14.5. The van der Waals surface area contributed by atoms with Crippen molar-refractivity contribution in [2.24, 2.45) is 0 Å². The Hall–Kier alpha value is -3.66. The number of halogens is 1. The molecule has 1 aliphatic carbocycles. The van der Waals surface area contributed by atoms with Crippen molar-refractivity contribution in [3.63, 3.8) is 0 Å². The van der Waals surface area contributed by atoms with Crippen molar-refractivity contribution in [3.05, 3.63) is 106 Å². The summed E-state index contributed by atoms with van der Waals surface area (Å²) < 4.78 is 20.4. The second-order valence-electron chi connectivity index (χ2n) is 7.24. The molecule has 4 rings (SSSR count). The molecule has 0 amide bonds. The fourth-order valence-corrected chi connectivity index (χ4v) is 3.79. The van der Waals surface area contributed by atoms with Crippen LogP contribution in [-0.2, 0) is 11.4 Å². The summed E-state index contributed by atoms with van der Waals surface area (Å²) in [4.78, 5) is 11.3. The predicted molar refractivity (Wildman–Crippen MR) is 116 cm³/mol. The highest BCUT2D eigenvalue weighted by molar-refractivity contribution is 6.07. The van der Waals surface area contributed by atoms with Crippen molar-refractivity contribution in [3.8, 4) is 5.75 Å². The van der Waals surface area contributed by atoms with E-state index in [2.05, 4.69) is 0 Å². The van der Waals surface area contributed by atoms with Crippen LogP contribution in [0.15, 0.2) is 78.4 Å². The van der Waals surface area contributed by atoms with Gasteiger partial charge in [0.05, 0.1) is 6.42 Å². The topological polar surface area (TPSA) is 46.5 Å². The standard InChI is InChI=1S/C26H21FO3/c1-17-22(21-11-6-12-24(27)26(21)23(17)15-25(28)29)14-18-7-5-8-19(13-18)16-30-20-9-3-2-4-10-20/h2-14H,15-16H2,1H3,(H,28,29)/b22-14-. The van der Waals surface area contributed by atoms with Crippen LogP contribution in [-0.4, -0.2) is 11.1 Å². The lowest BCUT2D eigenvalue weighted by Gasteiger charge is -2.08. The second kappa shape index (κ2) is 8.37. The van der Waals surface area contributed by atoms with Gasteiger partial charge in [-0.05, 0) is 70.7 Å². The Morgan fingerprint density at radius 1 is 1.03 bits per heavy atom. The van der Waals surface area contributed by atoms with Gasteiger partial charge in [-0.15, -0.1) is 0 Å². The zero-order valence-corrected chi connectivity index (χ0v) is 16.6. The number of fused-ring (bicyclic) bond motifs is 1. The average Bonchev–Trinajstić information content (AvgIpc) is 3.00. The number of para-hydroxylation sites is 1. The number of carbonyl (C=O) groups is 1. The molecule has 4 heteroatoms. The lowest BCUT2D eigenvalue weighted by atomic mass is 9.99. The van der Waals surface area contributed by atoms with Gasteiger partial charge in [-0.25, -0.2) is 4.39 Å². The van der Waals surface area contributed by atoms with E-state index in [4.69, 9.17) is 4.74 Å². The van der Waals surface area contributed by atoms with Crippen molar-refractivity contribution < 1.29 is 19.0 Å². The lowest BCUT2D eigenvalue weighted by Crippen LogP contribution is -1.98. The van der Waals surface area contributed by atoms with Crippen molar-refractivity contribution >= 4 is 23.2 Å². The zero-order chi connectivity index (χ0) is 21.1. The van der Waals surface area contributed by atoms with Gasteiger partial charge in [-0.2, -0.15) is 0 Å². The van der Waals surface area contributed by atoms with E-state index in [9.17, 15) is 14.3 Å². The van der Waals surface area contributed by atoms with Crippen LogP contribution in [0.4, 0.5) is 4.39 Å². The van der Waals surface area contributed by atoms with E-state index in [1.54, 1.807) is 6.07 Å². The summed E-state index contributed by atoms with van der Waals surface area (Å²) in [5.74, 6) is -0.560. The van der Waals surface area contributed by atoms with E-state index < -0.39 is 11.8 Å². The third kappa shape index (κ3) is 4.03. The Balaban J connectivity index is 1.67. The molecule has 0 unspecified atom stereocenters. The SMILES string of the molecule is CC1=C(CC(=O)O)c2c(F)cccc2/C1=C\c1cccc(COc2ccccc2)c1. The number of carboxylic acid groups (broad SMARTS) is 1. The molecule has 1 N–H and O–H groups in total. The molecule has 0 spiro atoms. The smallest absolute Gasteiger partial charge is 0.307 e. The number of ether oxygens (including phenoxy) is 1. The Bertz CT molecular complexity index is 1160. The molecule has 0 saturated carbocycles. The molecular formula is C26H21FO3. The van der Waals surface area contributed by atoms with Crippen molar-refractivity contribution in [2.45, 2.75) is 20.0 Å². The van der Waals surface area contributed by atoms with E-state index in [0.29, 0.717) is 17.7 Å². The number of hydrogen-bond acceptors (Lipinski definition) is 2. The second-order valence-corrected chi connectivity index (χ2v) is 7.24. The molecular weight excluding hydrogens is 379 g/mol. The molecule has 1 aliphatic rings. The largest absolute Gasteiger partial charge is 0.489 e. The first-order chi connectivity index (χ1) is 14.5. The van der Waals surface area contributed by atoms with Crippen LogP contribution >= 0.6 is 0 Å². The molecule has 0 fully saturated rings. The average molecular weight is 400 g/mol. The first-order valence-electron chi connectivity index (χ1n) is 9.72. The molecule has 3 aromatic rings. The first-order valence-corrected chi connectivity index (χ1v) is 9.72. The third-order valence-electron chi connectivity index (χ3n) is 5.20. The van der Waals surface area contributed by atoms with Crippen LogP contribution in [0, 0.1) is 5.82 Å². The Labute approximate surface area is 174 Å². The van der Waals surface area contributed by atoms with E-state index >= 15 is 0 Å². The lowest BCUT2D eigenvalue weighted by molar-refractivity contribution is -0.135. The highest BCUT2D eigenvalue weighted by Gasteiger charge is 2.27. The van der Waals surface area contributed by atoms with E-state index in [1.807, 2.05) is 73.7 Å². The fourth-order valence-electron chi connectivity index (χ4n) is 3.79. The van der Waals surface area contributed by atoms with Crippen molar-refractivity contribution in [1.29, 1.82) is 0 Å². The highest BCUT2D eigenvalue weighted by atomic mass is 19.1. The van der Waals surface area contributed by atoms with Crippen LogP contribution in [0.1, 0.15) is 35.6 Å². The van der Waals surface area contributed by atoms with Gasteiger partial charge in [0.25, 0.3) is 0 Å². The van der Waals surface area contributed by atoms with Crippen LogP contribution in [0.25, 0.3) is 17.2 Å². The molecule has 0 radical (unpaired) electrons. The molecule has 150 valence electrons. The van der Waals surface area contributed by atoms with E-state index in [-0.39, 0.29) is 6.42 Å². The Morgan fingerprint density at radius 2 is 1.80 bits per heavy atom. The minimum atomic E-state index is -0.972. The minimum absolute atomic E-state index is 0.206. The minimum Gasteiger partial charge on any atom is -0.489 e. The molecule has 0 saturated heterocycles. The van der Waals surface area contributed by atoms with Gasteiger partial charge in [-0.1, -0.05) is 48.5 Å². The third-order valence-corrected chi connectivity index (χ3v) is 5.20. The van der Waals surface area contributed by atoms with Gasteiger partial charge in [0, 0.05) is 5.56 Å². The van der Waals surface area contributed by atoms with Crippen LogP contribution in [0.2, 0.25) is 0 Å². The summed E-state index contributed by atoms with van der Waals surface area (Å²) in [6.07, 6.45) is 1.77. The van der Waals surface area contributed by atoms with Gasteiger partial charge in [0.15, 0.2) is 0 Å². The van der Waals surface area contributed by atoms with Crippen LogP contribution < -0.4 is 4.74 Å². The Morgan fingerprint density at radius 3 is 2.57 bits per heavy atom. The van der Waals surface area contributed by atoms with Crippen LogP contribution in [0.5, 0.6) is 5.75 Å². The van der Waals surface area contributed by atoms with E-state index in [0.717, 1.165) is 33.6 Å². The maximum Gasteiger partial charge on any atom is 0.307 e. The monoisotopic (exact) mass is 400 g/mol. The summed E-state index contributed by atoms with van der Waals surface area (Å²) in [6, 6.07) is 22.4. The first kappa shape index (κ1) is 19.6. The summed E-state index contributed by atoms with van der Waals surface area (Å²) in [5.41, 5.74) is 5.26. The summed E-state index contributed by atoms with van der Waals surface area (Å²) in [7, 11) is 0. The van der Waals surface area contributed by atoms with Gasteiger partial charge in [0.1, 0.15) is 18.2 Å². The fraction of sp³-hybridized carbons (Fsp3) is 0.115. The number of aliphatic carboxylic acids is 1. The number of rotatable bonds is 6.